The summed E-state index contributed by atoms with van der Waals surface area (Å²) in [6.45, 7) is 13.5. The Morgan fingerprint density at radius 3 is 1.22 bits per heavy atom. The first kappa shape index (κ1) is 36.5. The number of nitrogens with one attached hydrogen (secondary N) is 2. The van der Waals surface area contributed by atoms with Gasteiger partial charge in [0.25, 0.3) is 0 Å². The minimum absolute atomic E-state index is 0.0581. The zero-order valence-corrected chi connectivity index (χ0v) is 29.6. The third kappa shape index (κ3) is 9.08. The highest BCUT2D eigenvalue weighted by molar-refractivity contribution is 5.91. The highest BCUT2D eigenvalue weighted by Crippen LogP contribution is 2.36. The molecule has 2 N–H and O–H groups in total. The van der Waals surface area contributed by atoms with E-state index in [9.17, 15) is 9.59 Å². The van der Waals surface area contributed by atoms with Crippen LogP contribution >= 0.6 is 0 Å². The lowest BCUT2D eigenvalue weighted by atomic mass is 9.76. The number of hydrogen-bond acceptors (Lipinski definition) is 6. The van der Waals surface area contributed by atoms with Gasteiger partial charge in [-0.3, -0.25) is 9.59 Å². The molecule has 2 aliphatic rings. The van der Waals surface area contributed by atoms with Gasteiger partial charge < -0.3 is 29.9 Å². The predicted octanol–water partition coefficient (Wildman–Crippen LogP) is 7.40. The average molecular weight is 633 g/mol. The van der Waals surface area contributed by atoms with Gasteiger partial charge in [0.05, 0.1) is 38.4 Å². The summed E-state index contributed by atoms with van der Waals surface area (Å²) in [6.07, 6.45) is 11.8. The molecule has 0 unspecified atom stereocenters. The Morgan fingerprint density at radius 1 is 0.652 bits per heavy atom. The molecule has 46 heavy (non-hydrogen) atoms. The van der Waals surface area contributed by atoms with Crippen LogP contribution in [-0.2, 0) is 9.59 Å². The molecule has 2 amide bonds. The lowest BCUT2D eigenvalue weighted by molar-refractivity contribution is -0.126. The molecule has 4 rings (SSSR count). The van der Waals surface area contributed by atoms with E-state index >= 15 is 0 Å². The number of ether oxygens (including phenoxy) is 2. The predicted molar refractivity (Wildman–Crippen MR) is 190 cm³/mol. The van der Waals surface area contributed by atoms with Crippen molar-refractivity contribution >= 4 is 23.2 Å². The van der Waals surface area contributed by atoms with Crippen molar-refractivity contribution < 1.29 is 19.1 Å². The minimum Gasteiger partial charge on any atom is -0.497 e. The highest BCUT2D eigenvalue weighted by Gasteiger charge is 2.40. The van der Waals surface area contributed by atoms with Crippen molar-refractivity contribution in [3.63, 3.8) is 0 Å². The van der Waals surface area contributed by atoms with E-state index < -0.39 is 0 Å². The van der Waals surface area contributed by atoms with Gasteiger partial charge in [-0.25, -0.2) is 0 Å². The molecule has 0 saturated carbocycles. The van der Waals surface area contributed by atoms with Crippen LogP contribution < -0.4 is 20.1 Å². The maximum atomic E-state index is 11.9. The molecule has 0 saturated heterocycles. The van der Waals surface area contributed by atoms with Gasteiger partial charge in [0, 0.05) is 37.6 Å². The van der Waals surface area contributed by atoms with E-state index in [1.54, 1.807) is 26.4 Å². The quantitative estimate of drug-likeness (QED) is 0.226. The Morgan fingerprint density at radius 2 is 0.978 bits per heavy atom. The molecule has 8 heteroatoms. The van der Waals surface area contributed by atoms with Crippen molar-refractivity contribution in [1.29, 1.82) is 0 Å². The van der Waals surface area contributed by atoms with E-state index in [4.69, 9.17) is 9.47 Å². The number of carbonyl (C=O) groups is 2. The van der Waals surface area contributed by atoms with E-state index in [0.29, 0.717) is 0 Å². The zero-order valence-electron chi connectivity index (χ0n) is 29.6. The summed E-state index contributed by atoms with van der Waals surface area (Å²) in [6, 6.07) is 16.3. The first-order valence-corrected chi connectivity index (χ1v) is 16.5. The van der Waals surface area contributed by atoms with Crippen LogP contribution in [0.15, 0.2) is 72.8 Å². The molecule has 2 aliphatic heterocycles. The fourth-order valence-electron chi connectivity index (χ4n) is 6.64. The average Bonchev–Trinajstić information content (AvgIpc) is 3.54. The molecule has 0 aliphatic carbocycles. The van der Waals surface area contributed by atoms with Gasteiger partial charge in [0.15, 0.2) is 0 Å². The third-order valence-corrected chi connectivity index (χ3v) is 9.44. The Balaban J connectivity index is 0.000000250. The van der Waals surface area contributed by atoms with Crippen LogP contribution in [0.1, 0.15) is 67.2 Å². The van der Waals surface area contributed by atoms with Gasteiger partial charge in [-0.1, -0.05) is 66.5 Å². The van der Waals surface area contributed by atoms with Crippen LogP contribution in [0, 0.1) is 10.8 Å². The topological polar surface area (TPSA) is 83.1 Å². The standard InChI is InChI=1S/2C19H28N2O2/c2*1-6-13-19(2,3)18(16-11-12-17(22)21(16)4)20-14-7-9-15(23-5)10-8-14/h2*7-12,16,18,20H,6,13H2,1-5H3/t2*16-,18-/m10/s1. The maximum absolute atomic E-state index is 11.9. The summed E-state index contributed by atoms with van der Waals surface area (Å²) in [5.74, 6) is 1.83. The van der Waals surface area contributed by atoms with Crippen molar-refractivity contribution in [2.45, 2.75) is 91.4 Å². The fourth-order valence-corrected chi connectivity index (χ4v) is 6.64. The second-order valence-corrected chi connectivity index (χ2v) is 13.8. The number of carbonyl (C=O) groups excluding carboxylic acids is 2. The lowest BCUT2D eigenvalue weighted by Crippen LogP contribution is -2.50. The van der Waals surface area contributed by atoms with E-state index in [1.165, 1.54) is 0 Å². The summed E-state index contributed by atoms with van der Waals surface area (Å²) < 4.78 is 10.4. The van der Waals surface area contributed by atoms with E-state index in [2.05, 4.69) is 52.2 Å². The minimum atomic E-state index is 0.0581. The van der Waals surface area contributed by atoms with Crippen molar-refractivity contribution in [3.8, 4) is 11.5 Å². The molecule has 0 fully saturated rings. The molecule has 0 bridgehead atoms. The Hall–Kier alpha value is -3.94. The van der Waals surface area contributed by atoms with Crippen molar-refractivity contribution in [2.24, 2.45) is 10.8 Å². The molecule has 0 aromatic heterocycles. The van der Waals surface area contributed by atoms with Crippen LogP contribution in [0.25, 0.3) is 0 Å². The second kappa shape index (κ2) is 16.1. The fraction of sp³-hybridized carbons (Fsp3) is 0.526. The maximum Gasteiger partial charge on any atom is 0.246 e. The summed E-state index contributed by atoms with van der Waals surface area (Å²) >= 11 is 0. The number of likely N-dealkylation sites (N-methyl/N-ethyl adjacent to an activating group) is 2. The van der Waals surface area contributed by atoms with Gasteiger partial charge >= 0.3 is 0 Å². The molecule has 2 aromatic rings. The SMILES string of the molecule is CCCC(C)(C)[C@@H](Nc1ccc(OC)cc1)[C@@H]1C=CC(=O)N1C.CCCC(C)(C)[C@H](Nc1ccc(OC)cc1)[C@H]1C=CC(=O)N1C. The van der Waals surface area contributed by atoms with E-state index in [1.807, 2.05) is 84.6 Å². The summed E-state index contributed by atoms with van der Waals surface area (Å²) in [4.78, 5) is 27.4. The van der Waals surface area contributed by atoms with Crippen LogP contribution in [0.3, 0.4) is 0 Å². The number of nitrogens with zero attached hydrogens (tertiary/aromatic N) is 2. The van der Waals surface area contributed by atoms with Crippen LogP contribution in [0.5, 0.6) is 11.5 Å². The van der Waals surface area contributed by atoms with Crippen LogP contribution in [0.4, 0.5) is 11.4 Å². The van der Waals surface area contributed by atoms with Gasteiger partial charge in [-0.05, 0) is 72.2 Å². The largest absolute Gasteiger partial charge is 0.497 e. The van der Waals surface area contributed by atoms with Crippen molar-refractivity contribution in [3.05, 3.63) is 72.8 Å². The molecule has 2 aromatic carbocycles. The Bertz CT molecular complexity index is 1230. The zero-order chi connectivity index (χ0) is 34.1. The third-order valence-electron chi connectivity index (χ3n) is 9.44. The Kier molecular flexibility index (Phi) is 12.8. The number of anilines is 2. The number of hydrogen-bond donors (Lipinski definition) is 2. The second-order valence-electron chi connectivity index (χ2n) is 13.8. The monoisotopic (exact) mass is 632 g/mol. The summed E-state index contributed by atoms with van der Waals surface area (Å²) in [5, 5.41) is 7.30. The van der Waals surface area contributed by atoms with Crippen LogP contribution in [-0.4, -0.2) is 74.1 Å². The molecule has 2 heterocycles. The molecule has 0 spiro atoms. The van der Waals surface area contributed by atoms with Crippen molar-refractivity contribution in [2.75, 3.05) is 38.9 Å². The van der Waals surface area contributed by atoms with Crippen LogP contribution in [0.2, 0.25) is 0 Å². The van der Waals surface area contributed by atoms with Gasteiger partial charge in [0.1, 0.15) is 11.5 Å². The number of rotatable bonds is 14. The smallest absolute Gasteiger partial charge is 0.246 e. The highest BCUT2D eigenvalue weighted by atomic mass is 16.5. The van der Waals surface area contributed by atoms with E-state index in [0.717, 1.165) is 48.6 Å². The molecular weight excluding hydrogens is 576 g/mol. The molecule has 0 radical (unpaired) electrons. The van der Waals surface area contributed by atoms with E-state index in [-0.39, 0.29) is 46.8 Å². The molecule has 252 valence electrons. The normalized spacial score (nSPS) is 19.1. The van der Waals surface area contributed by atoms with Crippen molar-refractivity contribution in [1.82, 2.24) is 9.80 Å². The number of amides is 2. The molecule has 4 atom stereocenters. The summed E-state index contributed by atoms with van der Waals surface area (Å²) in [5.41, 5.74) is 2.20. The number of methoxy groups -OCH3 is 2. The van der Waals surface area contributed by atoms with Gasteiger partial charge in [-0.15, -0.1) is 0 Å². The molecule has 8 nitrogen and oxygen atoms in total. The lowest BCUT2D eigenvalue weighted by Gasteiger charge is -2.41. The van der Waals surface area contributed by atoms with Gasteiger partial charge in [-0.2, -0.15) is 0 Å². The molecular formula is C38H56N4O4. The number of benzene rings is 2. The summed E-state index contributed by atoms with van der Waals surface area (Å²) in [7, 11) is 7.08. The Labute approximate surface area is 277 Å². The van der Waals surface area contributed by atoms with Gasteiger partial charge in [0.2, 0.25) is 11.8 Å². The first-order valence-electron chi connectivity index (χ1n) is 16.5. The first-order chi connectivity index (χ1) is 21.8.